The molecule has 0 radical (unpaired) electrons. The van der Waals surface area contributed by atoms with E-state index in [9.17, 15) is 14.7 Å². The number of methoxy groups -OCH3 is 1. The maximum atomic E-state index is 12.8. The van der Waals surface area contributed by atoms with E-state index in [4.69, 9.17) is 10.5 Å². The molecule has 2 aromatic heterocycles. The van der Waals surface area contributed by atoms with Crippen molar-refractivity contribution in [3.63, 3.8) is 0 Å². The number of carbonyl (C=O) groups is 2. The molecule has 0 atom stereocenters. The summed E-state index contributed by atoms with van der Waals surface area (Å²) < 4.78 is 8.84. The van der Waals surface area contributed by atoms with Gasteiger partial charge < -0.3 is 24.7 Å². The average Bonchev–Trinajstić information content (AvgIpc) is 3.32. The number of phenolic OH excluding ortho intramolecular Hbond substituents is 1. The Bertz CT molecular complexity index is 1290. The van der Waals surface area contributed by atoms with Gasteiger partial charge in [0.05, 0.1) is 31.7 Å². The molecule has 0 fully saturated rings. The number of rotatable bonds is 6. The zero-order chi connectivity index (χ0) is 22.1. The Morgan fingerprint density at radius 3 is 2.58 bits per heavy atom. The largest absolute Gasteiger partial charge is 0.508 e. The summed E-state index contributed by atoms with van der Waals surface area (Å²) in [5.74, 6) is -0.217. The van der Waals surface area contributed by atoms with Gasteiger partial charge in [-0.3, -0.25) is 14.9 Å². The number of nitrogens with two attached hydrogens (primary N) is 1. The highest BCUT2D eigenvalue weighted by Gasteiger charge is 2.21. The van der Waals surface area contributed by atoms with Gasteiger partial charge in [0.15, 0.2) is 0 Å². The summed E-state index contributed by atoms with van der Waals surface area (Å²) in [6, 6.07) is 9.76. The number of primary amides is 1. The van der Waals surface area contributed by atoms with Crippen LogP contribution in [-0.2, 0) is 13.6 Å². The minimum Gasteiger partial charge on any atom is -0.508 e. The number of ether oxygens (including phenoxy) is 1. The van der Waals surface area contributed by atoms with E-state index in [-0.39, 0.29) is 17.3 Å². The Hall–Kier alpha value is -4.34. The van der Waals surface area contributed by atoms with E-state index in [2.05, 4.69) is 15.3 Å². The van der Waals surface area contributed by atoms with Gasteiger partial charge in [-0.25, -0.2) is 9.97 Å². The first-order chi connectivity index (χ1) is 14.9. The molecule has 31 heavy (non-hydrogen) atoms. The molecule has 0 unspecified atom stereocenters. The average molecular weight is 420 g/mol. The van der Waals surface area contributed by atoms with Crippen LogP contribution in [0, 0.1) is 0 Å². The zero-order valence-corrected chi connectivity index (χ0v) is 16.9. The highest BCUT2D eigenvalue weighted by atomic mass is 16.5. The number of aromatic hydroxyl groups is 1. The van der Waals surface area contributed by atoms with Crippen molar-refractivity contribution in [1.29, 1.82) is 0 Å². The van der Waals surface area contributed by atoms with Crippen LogP contribution in [-0.4, -0.2) is 43.1 Å². The van der Waals surface area contributed by atoms with Crippen LogP contribution in [0.5, 0.6) is 11.5 Å². The van der Waals surface area contributed by atoms with Gasteiger partial charge >= 0.3 is 0 Å². The number of nitrogens with zero attached hydrogens (tertiary/aromatic N) is 4. The number of hydrogen-bond donors (Lipinski definition) is 3. The van der Waals surface area contributed by atoms with E-state index < -0.39 is 11.8 Å². The summed E-state index contributed by atoms with van der Waals surface area (Å²) in [7, 11) is 3.19. The van der Waals surface area contributed by atoms with E-state index in [1.807, 2.05) is 0 Å². The number of nitrogens with one attached hydrogen (secondary N) is 1. The smallest absolute Gasteiger partial charge is 0.276 e. The molecule has 2 amide bonds. The fourth-order valence-corrected chi connectivity index (χ4v) is 3.30. The molecule has 0 aliphatic rings. The number of amides is 2. The Kier molecular flexibility index (Phi) is 5.04. The van der Waals surface area contributed by atoms with Gasteiger partial charge in [0.2, 0.25) is 11.9 Å². The van der Waals surface area contributed by atoms with Crippen LogP contribution in [0.1, 0.15) is 26.4 Å². The van der Waals surface area contributed by atoms with Crippen molar-refractivity contribution in [3.05, 3.63) is 65.7 Å². The number of imidazole rings is 2. The standard InChI is InChI=1S/C21H20N6O4/c1-26-11-23-9-16(26)20(30)25-21-24-15-7-13(19(22)29)8-17(31-2)18(15)27(21)10-12-3-5-14(28)6-4-12/h3-9,11,28H,10H2,1-2H3,(H2,22,29)(H,24,25,30). The van der Waals surface area contributed by atoms with Crippen LogP contribution in [0.15, 0.2) is 48.9 Å². The van der Waals surface area contributed by atoms with Crippen molar-refractivity contribution < 1.29 is 19.4 Å². The second-order valence-corrected chi connectivity index (χ2v) is 6.94. The van der Waals surface area contributed by atoms with Crippen LogP contribution in [0.4, 0.5) is 5.95 Å². The fraction of sp³-hybridized carbons (Fsp3) is 0.143. The Balaban J connectivity index is 1.86. The Morgan fingerprint density at radius 1 is 1.23 bits per heavy atom. The quantitative estimate of drug-likeness (QED) is 0.436. The molecule has 4 aromatic rings. The molecule has 158 valence electrons. The lowest BCUT2D eigenvalue weighted by Crippen LogP contribution is -2.18. The van der Waals surface area contributed by atoms with Gasteiger partial charge in [-0.05, 0) is 29.8 Å². The van der Waals surface area contributed by atoms with Crippen LogP contribution in [0.3, 0.4) is 0 Å². The van der Waals surface area contributed by atoms with Gasteiger partial charge in [0.25, 0.3) is 5.91 Å². The van der Waals surface area contributed by atoms with Gasteiger partial charge in [0.1, 0.15) is 22.7 Å². The minimum absolute atomic E-state index is 0.146. The summed E-state index contributed by atoms with van der Waals surface area (Å²) in [5.41, 5.74) is 7.91. The molecule has 0 saturated heterocycles. The van der Waals surface area contributed by atoms with E-state index in [1.165, 1.54) is 25.7 Å². The maximum absolute atomic E-state index is 12.8. The summed E-state index contributed by atoms with van der Waals surface area (Å²) in [6.45, 7) is 0.323. The molecule has 10 nitrogen and oxygen atoms in total. The molecule has 0 aliphatic carbocycles. The third-order valence-electron chi connectivity index (χ3n) is 4.86. The minimum atomic E-state index is -0.617. The normalized spacial score (nSPS) is 10.9. The summed E-state index contributed by atoms with van der Waals surface area (Å²) in [4.78, 5) is 33.0. The maximum Gasteiger partial charge on any atom is 0.276 e. The number of aromatic nitrogens is 4. The number of anilines is 1. The van der Waals surface area contributed by atoms with Crippen molar-refractivity contribution in [1.82, 2.24) is 19.1 Å². The monoisotopic (exact) mass is 420 g/mol. The first kappa shape index (κ1) is 20.0. The molecule has 2 heterocycles. The molecule has 4 rings (SSSR count). The van der Waals surface area contributed by atoms with Crippen molar-refractivity contribution in [2.45, 2.75) is 6.54 Å². The topological polar surface area (TPSA) is 137 Å². The van der Waals surface area contributed by atoms with Gasteiger partial charge in [-0.2, -0.15) is 0 Å². The third kappa shape index (κ3) is 3.78. The summed E-state index contributed by atoms with van der Waals surface area (Å²) in [6.07, 6.45) is 2.98. The summed E-state index contributed by atoms with van der Waals surface area (Å²) in [5, 5.41) is 12.4. The predicted octanol–water partition coefficient (Wildman–Crippen LogP) is 1.88. The van der Waals surface area contributed by atoms with Gasteiger partial charge in [0, 0.05) is 12.6 Å². The highest BCUT2D eigenvalue weighted by Crippen LogP contribution is 2.31. The van der Waals surface area contributed by atoms with E-state index >= 15 is 0 Å². The molecule has 0 saturated carbocycles. The molecule has 4 N–H and O–H groups in total. The SMILES string of the molecule is COc1cc(C(N)=O)cc2nc(NC(=O)c3cncn3C)n(Cc3ccc(O)cc3)c12. The van der Waals surface area contributed by atoms with E-state index in [1.54, 1.807) is 46.5 Å². The highest BCUT2D eigenvalue weighted by molar-refractivity contribution is 6.04. The van der Waals surface area contributed by atoms with Crippen molar-refractivity contribution in [2.24, 2.45) is 12.8 Å². The lowest BCUT2D eigenvalue weighted by molar-refractivity contribution is 0.0996. The molecular formula is C21H20N6O4. The van der Waals surface area contributed by atoms with Crippen molar-refractivity contribution >= 4 is 28.8 Å². The molecule has 10 heteroatoms. The number of phenols is 1. The molecular weight excluding hydrogens is 400 g/mol. The van der Waals surface area contributed by atoms with Crippen LogP contribution < -0.4 is 15.8 Å². The lowest BCUT2D eigenvalue weighted by Gasteiger charge is -2.13. The number of carbonyl (C=O) groups excluding carboxylic acids is 2. The first-order valence-corrected chi connectivity index (χ1v) is 9.31. The van der Waals surface area contributed by atoms with E-state index in [0.29, 0.717) is 29.0 Å². The first-order valence-electron chi connectivity index (χ1n) is 9.31. The number of aryl methyl sites for hydroxylation is 1. The van der Waals surface area contributed by atoms with Crippen LogP contribution in [0.2, 0.25) is 0 Å². The fourth-order valence-electron chi connectivity index (χ4n) is 3.30. The molecule has 0 spiro atoms. The van der Waals surface area contributed by atoms with Gasteiger partial charge in [-0.15, -0.1) is 0 Å². The van der Waals surface area contributed by atoms with Crippen LogP contribution in [0.25, 0.3) is 11.0 Å². The number of benzene rings is 2. The molecule has 0 bridgehead atoms. The number of hydrogen-bond acceptors (Lipinski definition) is 6. The second kappa shape index (κ2) is 7.82. The second-order valence-electron chi connectivity index (χ2n) is 6.94. The Labute approximate surface area is 176 Å². The van der Waals surface area contributed by atoms with E-state index in [0.717, 1.165) is 5.56 Å². The number of fused-ring (bicyclic) bond motifs is 1. The summed E-state index contributed by atoms with van der Waals surface area (Å²) >= 11 is 0. The van der Waals surface area contributed by atoms with Crippen LogP contribution >= 0.6 is 0 Å². The molecule has 0 aliphatic heterocycles. The van der Waals surface area contributed by atoms with Crippen molar-refractivity contribution in [3.8, 4) is 11.5 Å². The van der Waals surface area contributed by atoms with Crippen molar-refractivity contribution in [2.75, 3.05) is 12.4 Å². The van der Waals surface area contributed by atoms with Gasteiger partial charge in [-0.1, -0.05) is 12.1 Å². The molecule has 2 aromatic carbocycles. The predicted molar refractivity (Wildman–Crippen MR) is 113 cm³/mol. The zero-order valence-electron chi connectivity index (χ0n) is 16.9. The Morgan fingerprint density at radius 2 is 1.97 bits per heavy atom. The third-order valence-corrected chi connectivity index (χ3v) is 4.86. The lowest BCUT2D eigenvalue weighted by atomic mass is 10.1.